The zero-order valence-corrected chi connectivity index (χ0v) is 12.9. The Hall–Kier alpha value is -2.21. The standard InChI is InChI=1S/C15H18N4OS/c1-11-14(12(2)20-19-11)10-17-18-15(21)16-9-8-13-6-4-3-5-7-13/h3-7,10H,8-9H2,1-2H3,(H2,16,18,21)/b17-10-. The normalized spacial score (nSPS) is 10.8. The van der Waals surface area contributed by atoms with Crippen molar-refractivity contribution in [2.75, 3.05) is 6.54 Å². The van der Waals surface area contributed by atoms with Crippen molar-refractivity contribution in [2.45, 2.75) is 20.3 Å². The number of aryl methyl sites for hydroxylation is 2. The van der Waals surface area contributed by atoms with Gasteiger partial charge in [-0.1, -0.05) is 35.5 Å². The Morgan fingerprint density at radius 1 is 1.33 bits per heavy atom. The third-order valence-corrected chi connectivity index (χ3v) is 3.23. The molecular weight excluding hydrogens is 284 g/mol. The molecule has 0 amide bonds. The molecule has 0 aliphatic carbocycles. The van der Waals surface area contributed by atoms with Crippen LogP contribution in [0, 0.1) is 13.8 Å². The molecule has 0 atom stereocenters. The fourth-order valence-corrected chi connectivity index (χ4v) is 1.99. The van der Waals surface area contributed by atoms with Crippen molar-refractivity contribution in [1.82, 2.24) is 15.9 Å². The minimum atomic E-state index is 0.494. The van der Waals surface area contributed by atoms with Crippen molar-refractivity contribution in [3.05, 3.63) is 52.9 Å². The molecule has 1 aromatic carbocycles. The minimum Gasteiger partial charge on any atom is -0.361 e. The summed E-state index contributed by atoms with van der Waals surface area (Å²) >= 11 is 5.15. The van der Waals surface area contributed by atoms with Crippen LogP contribution in [0.5, 0.6) is 0 Å². The van der Waals surface area contributed by atoms with E-state index in [-0.39, 0.29) is 0 Å². The van der Waals surface area contributed by atoms with Gasteiger partial charge in [0, 0.05) is 6.54 Å². The van der Waals surface area contributed by atoms with E-state index in [1.807, 2.05) is 32.0 Å². The lowest BCUT2D eigenvalue weighted by molar-refractivity contribution is 0.393. The highest BCUT2D eigenvalue weighted by molar-refractivity contribution is 7.80. The topological polar surface area (TPSA) is 62.5 Å². The average Bonchev–Trinajstić information content (AvgIpc) is 2.80. The first kappa shape index (κ1) is 15.2. The van der Waals surface area contributed by atoms with E-state index >= 15 is 0 Å². The number of hydrogen-bond donors (Lipinski definition) is 2. The summed E-state index contributed by atoms with van der Waals surface area (Å²) in [5, 5.41) is 11.5. The van der Waals surface area contributed by atoms with Gasteiger partial charge in [0.05, 0.1) is 17.5 Å². The summed E-state index contributed by atoms with van der Waals surface area (Å²) in [4.78, 5) is 0. The minimum absolute atomic E-state index is 0.494. The van der Waals surface area contributed by atoms with Crippen LogP contribution >= 0.6 is 12.2 Å². The zero-order chi connectivity index (χ0) is 15.1. The van der Waals surface area contributed by atoms with Crippen LogP contribution in [0.4, 0.5) is 0 Å². The maximum Gasteiger partial charge on any atom is 0.186 e. The average molecular weight is 302 g/mol. The van der Waals surface area contributed by atoms with E-state index in [1.165, 1.54) is 5.56 Å². The molecule has 2 aromatic rings. The molecule has 0 saturated heterocycles. The summed E-state index contributed by atoms with van der Waals surface area (Å²) in [6, 6.07) is 10.2. The van der Waals surface area contributed by atoms with Crippen LogP contribution in [0.15, 0.2) is 40.0 Å². The Kier molecular flexibility index (Phi) is 5.45. The molecule has 1 aromatic heterocycles. The van der Waals surface area contributed by atoms with Gasteiger partial charge in [-0.25, -0.2) is 0 Å². The molecule has 0 fully saturated rings. The van der Waals surface area contributed by atoms with Crippen molar-refractivity contribution in [2.24, 2.45) is 5.10 Å². The van der Waals surface area contributed by atoms with Crippen LogP contribution in [0.2, 0.25) is 0 Å². The second-order valence-corrected chi connectivity index (χ2v) is 5.01. The molecule has 0 aliphatic heterocycles. The van der Waals surface area contributed by atoms with Gasteiger partial charge in [0.2, 0.25) is 0 Å². The van der Waals surface area contributed by atoms with Crippen molar-refractivity contribution in [3.8, 4) is 0 Å². The molecule has 0 unspecified atom stereocenters. The number of hydrogen-bond acceptors (Lipinski definition) is 4. The fourth-order valence-electron chi connectivity index (χ4n) is 1.83. The molecule has 5 nitrogen and oxygen atoms in total. The first-order chi connectivity index (χ1) is 10.2. The maximum atomic E-state index is 5.15. The Labute approximate surface area is 129 Å². The van der Waals surface area contributed by atoms with Gasteiger partial charge in [0.15, 0.2) is 5.11 Å². The number of aromatic nitrogens is 1. The highest BCUT2D eigenvalue weighted by Gasteiger charge is 2.05. The fraction of sp³-hybridized carbons (Fsp3) is 0.267. The lowest BCUT2D eigenvalue weighted by Gasteiger charge is -2.06. The van der Waals surface area contributed by atoms with Crippen molar-refractivity contribution in [3.63, 3.8) is 0 Å². The van der Waals surface area contributed by atoms with Crippen LogP contribution in [-0.4, -0.2) is 23.0 Å². The second kappa shape index (κ2) is 7.54. The number of nitrogens with one attached hydrogen (secondary N) is 2. The second-order valence-electron chi connectivity index (χ2n) is 4.60. The zero-order valence-electron chi connectivity index (χ0n) is 12.1. The maximum absolute atomic E-state index is 5.15. The van der Waals surface area contributed by atoms with Gasteiger partial charge in [-0.2, -0.15) is 5.10 Å². The van der Waals surface area contributed by atoms with Gasteiger partial charge in [-0.05, 0) is 38.0 Å². The number of benzene rings is 1. The lowest BCUT2D eigenvalue weighted by Crippen LogP contribution is -2.33. The predicted octanol–water partition coefficient (Wildman–Crippen LogP) is 2.33. The van der Waals surface area contributed by atoms with Crippen LogP contribution in [0.25, 0.3) is 0 Å². The van der Waals surface area contributed by atoms with Gasteiger partial charge < -0.3 is 9.84 Å². The van der Waals surface area contributed by atoms with Gasteiger partial charge >= 0.3 is 0 Å². The van der Waals surface area contributed by atoms with E-state index < -0.39 is 0 Å². The van der Waals surface area contributed by atoms with Crippen LogP contribution in [-0.2, 0) is 6.42 Å². The Morgan fingerprint density at radius 3 is 2.76 bits per heavy atom. The Balaban J connectivity index is 1.73. The molecule has 0 aliphatic rings. The van der Waals surface area contributed by atoms with Gasteiger partial charge in [0.25, 0.3) is 0 Å². The Morgan fingerprint density at radius 2 is 2.10 bits per heavy atom. The number of nitrogens with zero attached hydrogens (tertiary/aromatic N) is 2. The van der Waals surface area contributed by atoms with Crippen molar-refractivity contribution in [1.29, 1.82) is 0 Å². The molecule has 0 radical (unpaired) electrons. The van der Waals surface area contributed by atoms with Gasteiger partial charge in [0.1, 0.15) is 5.76 Å². The molecule has 6 heteroatoms. The monoisotopic (exact) mass is 302 g/mol. The molecule has 2 N–H and O–H groups in total. The molecule has 110 valence electrons. The highest BCUT2D eigenvalue weighted by atomic mass is 32.1. The largest absolute Gasteiger partial charge is 0.361 e. The third-order valence-electron chi connectivity index (χ3n) is 2.99. The molecular formula is C15H18N4OS. The molecule has 1 heterocycles. The first-order valence-corrected chi connectivity index (χ1v) is 7.11. The molecule has 21 heavy (non-hydrogen) atoms. The van der Waals surface area contributed by atoms with Crippen LogP contribution in [0.3, 0.4) is 0 Å². The van der Waals surface area contributed by atoms with E-state index in [0.717, 1.165) is 30.0 Å². The summed E-state index contributed by atoms with van der Waals surface area (Å²) < 4.78 is 5.05. The SMILES string of the molecule is Cc1noc(C)c1/C=N\NC(=S)NCCc1ccccc1. The smallest absolute Gasteiger partial charge is 0.186 e. The van der Waals surface area contributed by atoms with Crippen LogP contribution < -0.4 is 10.7 Å². The van der Waals surface area contributed by atoms with Gasteiger partial charge in [-0.3, -0.25) is 5.43 Å². The number of hydrazone groups is 1. The van der Waals surface area contributed by atoms with E-state index in [0.29, 0.717) is 5.11 Å². The lowest BCUT2D eigenvalue weighted by atomic mass is 10.1. The number of thiocarbonyl (C=S) groups is 1. The Bertz CT molecular complexity index is 602. The van der Waals surface area contributed by atoms with E-state index in [1.54, 1.807) is 6.21 Å². The third kappa shape index (κ3) is 4.68. The quantitative estimate of drug-likeness (QED) is 0.504. The number of rotatable bonds is 5. The van der Waals surface area contributed by atoms with Crippen LogP contribution in [0.1, 0.15) is 22.6 Å². The molecule has 2 rings (SSSR count). The molecule has 0 bridgehead atoms. The summed E-state index contributed by atoms with van der Waals surface area (Å²) in [5.74, 6) is 0.737. The molecule has 0 spiro atoms. The van der Waals surface area contributed by atoms with Crippen molar-refractivity contribution >= 4 is 23.5 Å². The molecule has 0 saturated carbocycles. The van der Waals surface area contributed by atoms with E-state index in [9.17, 15) is 0 Å². The summed E-state index contributed by atoms with van der Waals surface area (Å²) in [6.45, 7) is 4.47. The summed E-state index contributed by atoms with van der Waals surface area (Å²) in [7, 11) is 0. The van der Waals surface area contributed by atoms with Crippen molar-refractivity contribution < 1.29 is 4.52 Å². The van der Waals surface area contributed by atoms with Gasteiger partial charge in [-0.15, -0.1) is 0 Å². The summed E-state index contributed by atoms with van der Waals surface area (Å²) in [6.07, 6.45) is 2.57. The van der Waals surface area contributed by atoms with E-state index in [2.05, 4.69) is 33.1 Å². The highest BCUT2D eigenvalue weighted by Crippen LogP contribution is 2.08. The predicted molar refractivity (Wildman–Crippen MR) is 87.5 cm³/mol. The summed E-state index contributed by atoms with van der Waals surface area (Å²) in [5.41, 5.74) is 5.73. The van der Waals surface area contributed by atoms with E-state index in [4.69, 9.17) is 16.7 Å². The first-order valence-electron chi connectivity index (χ1n) is 6.70.